The predicted octanol–water partition coefficient (Wildman–Crippen LogP) is 7.63. The zero-order chi connectivity index (χ0) is 32.8. The van der Waals surface area contributed by atoms with Gasteiger partial charge in [-0.25, -0.2) is 4.98 Å². The highest BCUT2D eigenvalue weighted by molar-refractivity contribution is 6.35. The largest absolute Gasteiger partial charge is 0.350 e. The molecule has 0 unspecified atom stereocenters. The fourth-order valence-electron chi connectivity index (χ4n) is 4.23. The summed E-state index contributed by atoms with van der Waals surface area (Å²) in [5.41, 5.74) is 8.15. The van der Waals surface area contributed by atoms with Crippen molar-refractivity contribution >= 4 is 81.8 Å². The standard InChI is InChI=1S/C30H23Cl5N10O/c1-45-26(46)22(10-11-36)25(16-2-6-19(31)7-3-16)39-30(45)44-43-29-41-27(37-14-17-4-8-20(32)12-23(17)34)40-28(42-29)38-15-18-5-9-21(33)13-24(18)35/h2-9,12-13H,10,14-15H2,1H3,(H,39,44)(H3,37,38,40,41,42,43). The molecular formula is C30H23Cl5N10O. The van der Waals surface area contributed by atoms with Gasteiger partial charge in [-0.3, -0.25) is 20.2 Å². The molecule has 3 aromatic carbocycles. The summed E-state index contributed by atoms with van der Waals surface area (Å²) in [6.07, 6.45) is -0.127. The normalized spacial score (nSPS) is 10.7. The lowest BCUT2D eigenvalue weighted by atomic mass is 10.1. The quantitative estimate of drug-likeness (QED) is 0.101. The highest BCUT2D eigenvalue weighted by Crippen LogP contribution is 2.25. The SMILES string of the molecule is Cn1c(NNc2nc(NCc3ccc(Cl)cc3Cl)nc(NCc3ccc(Cl)cc3Cl)n2)nc(-c2ccc(Cl)cc2)c(CC#N)c1=O. The molecule has 11 nitrogen and oxygen atoms in total. The smallest absolute Gasteiger partial charge is 0.259 e. The molecule has 5 aromatic rings. The second kappa shape index (κ2) is 14.9. The summed E-state index contributed by atoms with van der Waals surface area (Å²) in [5, 5.41) is 18.2. The Bertz CT molecular complexity index is 1920. The second-order valence-electron chi connectivity index (χ2n) is 9.70. The first-order valence-electron chi connectivity index (χ1n) is 13.5. The van der Waals surface area contributed by atoms with E-state index >= 15 is 0 Å². The minimum atomic E-state index is -0.397. The molecule has 234 valence electrons. The minimum absolute atomic E-state index is 0.0906. The van der Waals surface area contributed by atoms with E-state index in [4.69, 9.17) is 58.0 Å². The molecule has 0 aliphatic carbocycles. The molecule has 0 fully saturated rings. The van der Waals surface area contributed by atoms with Gasteiger partial charge in [-0.15, -0.1) is 0 Å². The summed E-state index contributed by atoms with van der Waals surface area (Å²) >= 11 is 30.8. The van der Waals surface area contributed by atoms with E-state index in [1.54, 1.807) is 60.7 Å². The summed E-state index contributed by atoms with van der Waals surface area (Å²) in [4.78, 5) is 31.3. The fourth-order valence-corrected chi connectivity index (χ4v) is 5.30. The number of hydrogen-bond acceptors (Lipinski definition) is 10. The Morgan fingerprint density at radius 1 is 0.717 bits per heavy atom. The number of hydrogen-bond donors (Lipinski definition) is 4. The monoisotopic (exact) mass is 714 g/mol. The van der Waals surface area contributed by atoms with Gasteiger partial charge in [0.15, 0.2) is 0 Å². The first-order valence-corrected chi connectivity index (χ1v) is 15.4. The summed E-state index contributed by atoms with van der Waals surface area (Å²) < 4.78 is 1.28. The van der Waals surface area contributed by atoms with E-state index in [-0.39, 0.29) is 48.9 Å². The number of nitrogens with zero attached hydrogens (tertiary/aromatic N) is 6. The number of aromatic nitrogens is 5. The van der Waals surface area contributed by atoms with Crippen LogP contribution in [0.15, 0.2) is 65.5 Å². The summed E-state index contributed by atoms with van der Waals surface area (Å²) in [7, 11) is 1.53. The van der Waals surface area contributed by atoms with Crippen LogP contribution in [-0.2, 0) is 26.6 Å². The number of benzene rings is 3. The molecule has 2 aromatic heterocycles. The number of nitriles is 1. The summed E-state index contributed by atoms with van der Waals surface area (Å²) in [6.45, 7) is 0.576. The van der Waals surface area contributed by atoms with Crippen LogP contribution in [0.3, 0.4) is 0 Å². The van der Waals surface area contributed by atoms with Crippen LogP contribution in [0.25, 0.3) is 11.3 Å². The van der Waals surface area contributed by atoms with Gasteiger partial charge >= 0.3 is 0 Å². The number of anilines is 4. The fraction of sp³-hybridized carbons (Fsp3) is 0.133. The van der Waals surface area contributed by atoms with Crippen molar-refractivity contribution in [1.29, 1.82) is 5.26 Å². The molecule has 0 saturated heterocycles. The van der Waals surface area contributed by atoms with Gasteiger partial charge in [0.1, 0.15) is 0 Å². The zero-order valence-corrected chi connectivity index (χ0v) is 27.7. The lowest BCUT2D eigenvalue weighted by Crippen LogP contribution is -2.28. The molecule has 0 aliphatic rings. The van der Waals surface area contributed by atoms with Gasteiger partial charge in [-0.05, 0) is 47.5 Å². The topological polar surface area (TPSA) is 145 Å². The maximum atomic E-state index is 13.3. The number of hydrazine groups is 1. The summed E-state index contributed by atoms with van der Waals surface area (Å²) in [6, 6.07) is 19.2. The first-order chi connectivity index (χ1) is 22.1. The molecule has 0 saturated carbocycles. The van der Waals surface area contributed by atoms with Crippen LogP contribution >= 0.6 is 58.0 Å². The molecule has 0 bridgehead atoms. The van der Waals surface area contributed by atoms with Crippen LogP contribution < -0.4 is 27.0 Å². The van der Waals surface area contributed by atoms with Gasteiger partial charge in [-0.1, -0.05) is 82.3 Å². The summed E-state index contributed by atoms with van der Waals surface area (Å²) in [5.74, 6) is 0.654. The Balaban J connectivity index is 1.44. The lowest BCUT2D eigenvalue weighted by molar-refractivity contribution is 0.816. The minimum Gasteiger partial charge on any atom is -0.350 e. The van der Waals surface area contributed by atoms with Crippen molar-refractivity contribution in [3.8, 4) is 17.3 Å². The maximum Gasteiger partial charge on any atom is 0.259 e. The predicted molar refractivity (Wildman–Crippen MR) is 184 cm³/mol. The Morgan fingerprint density at radius 3 is 1.76 bits per heavy atom. The van der Waals surface area contributed by atoms with E-state index < -0.39 is 5.56 Å². The first kappa shape index (κ1) is 33.1. The molecule has 0 radical (unpaired) electrons. The van der Waals surface area contributed by atoms with Crippen LogP contribution in [0.1, 0.15) is 16.7 Å². The van der Waals surface area contributed by atoms with Gasteiger partial charge in [0.05, 0.1) is 23.7 Å². The van der Waals surface area contributed by atoms with Crippen molar-refractivity contribution in [2.45, 2.75) is 19.5 Å². The zero-order valence-electron chi connectivity index (χ0n) is 23.9. The highest BCUT2D eigenvalue weighted by atomic mass is 35.5. The molecule has 5 rings (SSSR count). The van der Waals surface area contributed by atoms with Crippen molar-refractivity contribution in [3.05, 3.63) is 113 Å². The third-order valence-electron chi connectivity index (χ3n) is 6.58. The third-order valence-corrected chi connectivity index (χ3v) is 8.01. The van der Waals surface area contributed by atoms with Gasteiger partial charge < -0.3 is 10.6 Å². The number of nitrogens with one attached hydrogen (secondary N) is 4. The molecular weight excluding hydrogens is 694 g/mol. The molecule has 16 heteroatoms. The molecule has 2 heterocycles. The molecule has 0 spiro atoms. The van der Waals surface area contributed by atoms with Gasteiger partial charge in [0.2, 0.25) is 23.8 Å². The van der Waals surface area contributed by atoms with Crippen molar-refractivity contribution in [2.75, 3.05) is 21.5 Å². The van der Waals surface area contributed by atoms with Crippen LogP contribution in [0, 0.1) is 11.3 Å². The van der Waals surface area contributed by atoms with Gasteiger partial charge in [-0.2, -0.15) is 20.2 Å². The Labute approximate surface area is 288 Å². The van der Waals surface area contributed by atoms with Crippen molar-refractivity contribution in [2.24, 2.45) is 7.05 Å². The second-order valence-corrected chi connectivity index (χ2v) is 11.8. The number of rotatable bonds is 11. The van der Waals surface area contributed by atoms with E-state index in [0.717, 1.165) is 11.1 Å². The Morgan fingerprint density at radius 2 is 1.24 bits per heavy atom. The Kier molecular flexibility index (Phi) is 10.7. The van der Waals surface area contributed by atoms with Gasteiger partial charge in [0.25, 0.3) is 5.56 Å². The van der Waals surface area contributed by atoms with Crippen LogP contribution in [0.4, 0.5) is 23.8 Å². The van der Waals surface area contributed by atoms with E-state index in [1.807, 2.05) is 6.07 Å². The Hall–Kier alpha value is -4.31. The van der Waals surface area contributed by atoms with E-state index in [9.17, 15) is 10.1 Å². The third kappa shape index (κ3) is 8.09. The van der Waals surface area contributed by atoms with Crippen molar-refractivity contribution in [3.63, 3.8) is 0 Å². The van der Waals surface area contributed by atoms with Gasteiger partial charge in [0, 0.05) is 50.8 Å². The molecule has 46 heavy (non-hydrogen) atoms. The molecule has 0 atom stereocenters. The molecule has 4 N–H and O–H groups in total. The van der Waals surface area contributed by atoms with Crippen LogP contribution in [0.5, 0.6) is 0 Å². The molecule has 0 amide bonds. The van der Waals surface area contributed by atoms with Crippen molar-refractivity contribution < 1.29 is 0 Å². The van der Waals surface area contributed by atoms with E-state index in [2.05, 4.69) is 41.4 Å². The van der Waals surface area contributed by atoms with Crippen molar-refractivity contribution in [1.82, 2.24) is 24.5 Å². The highest BCUT2D eigenvalue weighted by Gasteiger charge is 2.17. The van der Waals surface area contributed by atoms with E-state index in [1.165, 1.54) is 11.6 Å². The molecule has 0 aliphatic heterocycles. The average Bonchev–Trinajstić information content (AvgIpc) is 3.02. The lowest BCUT2D eigenvalue weighted by Gasteiger charge is -2.16. The number of halogens is 5. The average molecular weight is 717 g/mol. The van der Waals surface area contributed by atoms with Crippen LogP contribution in [-0.4, -0.2) is 24.5 Å². The van der Waals surface area contributed by atoms with Crippen LogP contribution in [0.2, 0.25) is 25.1 Å². The van der Waals surface area contributed by atoms with E-state index in [0.29, 0.717) is 36.4 Å². The maximum absolute atomic E-state index is 13.3.